The Morgan fingerprint density at radius 1 is 0.694 bits per heavy atom. The Morgan fingerprint density at radius 2 is 1.11 bits per heavy atom. The number of carbonyl (C=O) groups excluding carboxylic acids is 3. The van der Waals surface area contributed by atoms with E-state index in [1.165, 1.54) is 0 Å². The van der Waals surface area contributed by atoms with Crippen LogP contribution < -0.4 is 0 Å². The van der Waals surface area contributed by atoms with E-state index in [1.54, 1.807) is 91.0 Å². The van der Waals surface area contributed by atoms with Gasteiger partial charge >= 0.3 is 17.9 Å². The normalized spacial score (nSPS) is 23.3. The van der Waals surface area contributed by atoms with Crippen molar-refractivity contribution in [2.24, 2.45) is 0 Å². The first kappa shape index (κ1) is 25.8. The molecule has 0 bridgehead atoms. The molecule has 1 aliphatic heterocycles. The van der Waals surface area contributed by atoms with Gasteiger partial charge in [0.05, 0.1) is 20.6 Å². The average molecular weight is 602 g/mol. The van der Waals surface area contributed by atoms with Crippen LogP contribution in [0, 0.1) is 0 Å². The molecule has 0 aliphatic carbocycles. The Labute approximate surface area is 221 Å². The fourth-order valence-electron chi connectivity index (χ4n) is 3.62. The Morgan fingerprint density at radius 3 is 1.58 bits per heavy atom. The number of halogens is 1. The molecule has 1 fully saturated rings. The number of alkyl halides is 1. The smallest absolute Gasteiger partial charge is 0.338 e. The maximum absolute atomic E-state index is 12.9. The van der Waals surface area contributed by atoms with Crippen LogP contribution in [-0.4, -0.2) is 58.1 Å². The van der Waals surface area contributed by atoms with Crippen molar-refractivity contribution in [3.05, 3.63) is 108 Å². The predicted octanol–water partition coefficient (Wildman–Crippen LogP) is 3.82. The third-order valence-corrected chi connectivity index (χ3v) is 6.99. The highest BCUT2D eigenvalue weighted by atomic mass is 127. The third kappa shape index (κ3) is 6.28. The summed E-state index contributed by atoms with van der Waals surface area (Å²) in [5.74, 6) is -1.92. The number of carbonyl (C=O) groups is 3. The van der Waals surface area contributed by atoms with Gasteiger partial charge in [0.15, 0.2) is 18.5 Å². The van der Waals surface area contributed by atoms with Crippen LogP contribution in [0.25, 0.3) is 0 Å². The van der Waals surface area contributed by atoms with Crippen LogP contribution >= 0.6 is 22.6 Å². The summed E-state index contributed by atoms with van der Waals surface area (Å²) < 4.78 is 21.7. The molecule has 0 aromatic heterocycles. The van der Waals surface area contributed by atoms with Gasteiger partial charge in [0.1, 0.15) is 12.7 Å². The summed E-state index contributed by atoms with van der Waals surface area (Å²) in [5.41, 5.74) is 0.921. The zero-order valence-electron chi connectivity index (χ0n) is 18.9. The number of benzene rings is 3. The first-order valence-corrected chi connectivity index (χ1v) is 12.4. The average Bonchev–Trinajstić information content (AvgIpc) is 2.92. The second kappa shape index (κ2) is 12.1. The second-order valence-electron chi connectivity index (χ2n) is 7.95. The number of hydrogen-bond acceptors (Lipinski definition) is 8. The van der Waals surface area contributed by atoms with Gasteiger partial charge in [-0.05, 0) is 36.4 Å². The fraction of sp³-hybridized carbons (Fsp3) is 0.222. The Kier molecular flexibility index (Phi) is 8.68. The Bertz CT molecular complexity index is 1170. The monoisotopic (exact) mass is 602 g/mol. The van der Waals surface area contributed by atoms with E-state index in [0.29, 0.717) is 11.1 Å². The first-order chi connectivity index (χ1) is 17.4. The lowest BCUT2D eigenvalue weighted by molar-refractivity contribution is -0.245. The molecule has 0 spiro atoms. The van der Waals surface area contributed by atoms with Gasteiger partial charge in [0.2, 0.25) is 0 Å². The van der Waals surface area contributed by atoms with Crippen molar-refractivity contribution in [2.45, 2.75) is 28.5 Å². The minimum Gasteiger partial charge on any atom is -0.459 e. The standard InChI is InChI=1S/C27H23IO8/c28-21-20(16-33-24(29)17-10-4-1-5-11-17)34-27(32)23(36-26(31)19-14-8-3-9-15-19)22(21)35-25(30)18-12-6-2-7-13-18/h1-15,20-23,27,32H,16H2/t20-,21-,22+,23-,27+/m1/s1. The van der Waals surface area contributed by atoms with Crippen molar-refractivity contribution < 1.29 is 38.4 Å². The zero-order chi connectivity index (χ0) is 25.5. The number of rotatable bonds is 7. The van der Waals surface area contributed by atoms with Crippen molar-refractivity contribution in [1.29, 1.82) is 0 Å². The van der Waals surface area contributed by atoms with E-state index in [-0.39, 0.29) is 12.2 Å². The van der Waals surface area contributed by atoms with Gasteiger partial charge < -0.3 is 24.1 Å². The summed E-state index contributed by atoms with van der Waals surface area (Å²) in [4.78, 5) is 38.0. The highest BCUT2D eigenvalue weighted by molar-refractivity contribution is 14.1. The number of aliphatic hydroxyl groups excluding tert-OH is 1. The molecule has 1 heterocycles. The highest BCUT2D eigenvalue weighted by Crippen LogP contribution is 2.32. The van der Waals surface area contributed by atoms with Crippen molar-refractivity contribution in [3.8, 4) is 0 Å². The predicted molar refractivity (Wildman–Crippen MR) is 137 cm³/mol. The van der Waals surface area contributed by atoms with E-state index in [0.717, 1.165) is 0 Å². The summed E-state index contributed by atoms with van der Waals surface area (Å²) in [5, 5.41) is 10.8. The molecular formula is C27H23IO8. The van der Waals surface area contributed by atoms with E-state index in [1.807, 2.05) is 22.6 Å². The third-order valence-electron chi connectivity index (χ3n) is 5.48. The Hall–Kier alpha value is -3.28. The zero-order valence-corrected chi connectivity index (χ0v) is 21.1. The molecule has 3 aromatic rings. The molecule has 0 radical (unpaired) electrons. The van der Waals surface area contributed by atoms with Crippen LogP contribution in [0.2, 0.25) is 0 Å². The quantitative estimate of drug-likeness (QED) is 0.188. The van der Waals surface area contributed by atoms with E-state index >= 15 is 0 Å². The van der Waals surface area contributed by atoms with Crippen LogP contribution in [0.3, 0.4) is 0 Å². The largest absolute Gasteiger partial charge is 0.459 e. The molecule has 1 aliphatic rings. The molecule has 36 heavy (non-hydrogen) atoms. The number of hydrogen-bond donors (Lipinski definition) is 1. The molecule has 1 N–H and O–H groups in total. The lowest BCUT2D eigenvalue weighted by Gasteiger charge is -2.41. The number of ether oxygens (including phenoxy) is 4. The molecule has 1 saturated heterocycles. The van der Waals surface area contributed by atoms with Crippen LogP contribution in [0.1, 0.15) is 31.1 Å². The summed E-state index contributed by atoms with van der Waals surface area (Å²) in [7, 11) is 0. The van der Waals surface area contributed by atoms with E-state index in [9.17, 15) is 19.5 Å². The highest BCUT2D eigenvalue weighted by Gasteiger charge is 2.49. The molecule has 0 amide bonds. The van der Waals surface area contributed by atoms with Crippen molar-refractivity contribution in [2.75, 3.05) is 6.61 Å². The molecule has 0 saturated carbocycles. The number of aliphatic hydroxyl groups is 1. The molecule has 8 nitrogen and oxygen atoms in total. The minimum absolute atomic E-state index is 0.211. The van der Waals surface area contributed by atoms with Gasteiger partial charge in [-0.1, -0.05) is 77.2 Å². The molecule has 4 rings (SSSR count). The van der Waals surface area contributed by atoms with Crippen LogP contribution in [0.4, 0.5) is 0 Å². The Balaban J connectivity index is 1.52. The van der Waals surface area contributed by atoms with E-state index < -0.39 is 46.4 Å². The van der Waals surface area contributed by atoms with Crippen molar-refractivity contribution >= 4 is 40.5 Å². The topological polar surface area (TPSA) is 108 Å². The number of esters is 3. The molecule has 0 unspecified atom stereocenters. The van der Waals surface area contributed by atoms with Gasteiger partial charge in [-0.25, -0.2) is 14.4 Å². The van der Waals surface area contributed by atoms with E-state index in [4.69, 9.17) is 18.9 Å². The van der Waals surface area contributed by atoms with Gasteiger partial charge in [0, 0.05) is 0 Å². The van der Waals surface area contributed by atoms with Gasteiger partial charge in [0.25, 0.3) is 0 Å². The molecule has 3 aromatic carbocycles. The van der Waals surface area contributed by atoms with Crippen molar-refractivity contribution in [1.82, 2.24) is 0 Å². The van der Waals surface area contributed by atoms with Gasteiger partial charge in [-0.2, -0.15) is 0 Å². The van der Waals surface area contributed by atoms with E-state index in [2.05, 4.69) is 0 Å². The molecule has 5 atom stereocenters. The molecular weight excluding hydrogens is 579 g/mol. The fourth-order valence-corrected chi connectivity index (χ4v) is 4.56. The molecule has 9 heteroatoms. The lowest BCUT2D eigenvalue weighted by Crippen LogP contribution is -2.59. The molecule has 186 valence electrons. The minimum atomic E-state index is -1.63. The summed E-state index contributed by atoms with van der Waals surface area (Å²) >= 11 is 1.99. The summed E-state index contributed by atoms with van der Waals surface area (Å²) in [6, 6.07) is 25.0. The maximum Gasteiger partial charge on any atom is 0.338 e. The first-order valence-electron chi connectivity index (χ1n) is 11.2. The van der Waals surface area contributed by atoms with Crippen molar-refractivity contribution in [3.63, 3.8) is 0 Å². The lowest BCUT2D eigenvalue weighted by atomic mass is 10.0. The van der Waals surface area contributed by atoms with Crippen LogP contribution in [0.15, 0.2) is 91.0 Å². The van der Waals surface area contributed by atoms with Crippen LogP contribution in [-0.2, 0) is 18.9 Å². The summed E-state index contributed by atoms with van der Waals surface area (Å²) in [6.07, 6.45) is -4.87. The maximum atomic E-state index is 12.9. The van der Waals surface area contributed by atoms with Gasteiger partial charge in [-0.15, -0.1) is 0 Å². The van der Waals surface area contributed by atoms with Gasteiger partial charge in [-0.3, -0.25) is 0 Å². The second-order valence-corrected chi connectivity index (χ2v) is 9.38. The summed E-state index contributed by atoms with van der Waals surface area (Å²) in [6.45, 7) is -0.211. The van der Waals surface area contributed by atoms with Crippen LogP contribution in [0.5, 0.6) is 0 Å². The SMILES string of the molecule is O=C(OC[C@H]1O[C@H](O)[C@H](OC(=O)c2ccccc2)[C@@H](OC(=O)c2ccccc2)[C@@H]1I)c1ccccc1.